The Morgan fingerprint density at radius 3 is 2.74 bits per heavy atom. The molecule has 1 aromatic rings. The summed E-state index contributed by atoms with van der Waals surface area (Å²) in [6.07, 6.45) is -5.21. The van der Waals surface area contributed by atoms with Crippen LogP contribution in [0.15, 0.2) is 15.8 Å². The van der Waals surface area contributed by atoms with Crippen molar-refractivity contribution in [3.8, 4) is 0 Å². The van der Waals surface area contributed by atoms with Crippen molar-refractivity contribution in [2.24, 2.45) is 0 Å². The summed E-state index contributed by atoms with van der Waals surface area (Å²) >= 11 is 0. The summed E-state index contributed by atoms with van der Waals surface area (Å²) in [5.74, 6) is -4.30. The second-order valence-electron chi connectivity index (χ2n) is 4.80. The Kier molecular flexibility index (Phi) is 4.63. The number of halogens is 2. The molecule has 0 spiro atoms. The van der Waals surface area contributed by atoms with Crippen LogP contribution in [0.3, 0.4) is 0 Å². The average Bonchev–Trinajstić information content (AvgIpc) is 2.76. The number of hydrogen-bond acceptors (Lipinski definition) is 7. The van der Waals surface area contributed by atoms with Gasteiger partial charge in [0.05, 0.1) is 6.20 Å². The van der Waals surface area contributed by atoms with E-state index in [1.165, 1.54) is 0 Å². The molecule has 11 heteroatoms. The predicted molar refractivity (Wildman–Crippen MR) is 68.7 cm³/mol. The molecule has 128 valence electrons. The summed E-state index contributed by atoms with van der Waals surface area (Å²) in [5, 5.41) is 9.42. The monoisotopic (exact) mass is 336 g/mol. The molecule has 4 atom stereocenters. The normalized spacial score (nSPS) is 30.4. The van der Waals surface area contributed by atoms with Crippen LogP contribution in [0.4, 0.5) is 8.78 Å². The van der Waals surface area contributed by atoms with E-state index in [4.69, 9.17) is 14.2 Å². The van der Waals surface area contributed by atoms with E-state index in [1.807, 2.05) is 0 Å². The van der Waals surface area contributed by atoms with Gasteiger partial charge in [-0.1, -0.05) is 0 Å². The molecule has 2 N–H and O–H groups in total. The highest BCUT2D eigenvalue weighted by molar-refractivity contribution is 5.66. The van der Waals surface area contributed by atoms with Crippen molar-refractivity contribution in [3.63, 3.8) is 0 Å². The van der Waals surface area contributed by atoms with Crippen molar-refractivity contribution in [2.45, 2.75) is 31.2 Å². The fraction of sp³-hybridized carbons (Fsp3) is 0.583. The molecular formula is C12H14F2N2O7. The number of aliphatic hydroxyl groups excluding tert-OH is 1. The number of rotatable bonds is 4. The Labute approximate surface area is 127 Å². The van der Waals surface area contributed by atoms with Gasteiger partial charge in [-0.25, -0.2) is 9.18 Å². The summed E-state index contributed by atoms with van der Waals surface area (Å²) in [5.41, 5.74) is -2.42. The summed E-state index contributed by atoms with van der Waals surface area (Å²) in [6, 6.07) is 0. The minimum absolute atomic E-state index is 0.439. The van der Waals surface area contributed by atoms with E-state index in [0.29, 0.717) is 10.8 Å². The van der Waals surface area contributed by atoms with E-state index in [9.17, 15) is 28.3 Å². The van der Waals surface area contributed by atoms with Crippen LogP contribution < -0.4 is 11.2 Å². The van der Waals surface area contributed by atoms with Crippen LogP contribution in [0.2, 0.25) is 0 Å². The van der Waals surface area contributed by atoms with Gasteiger partial charge >= 0.3 is 11.7 Å². The van der Waals surface area contributed by atoms with E-state index >= 15 is 0 Å². The third-order valence-electron chi connectivity index (χ3n) is 3.37. The number of alkyl halides is 1. The van der Waals surface area contributed by atoms with Crippen LogP contribution >= 0.6 is 0 Å². The van der Waals surface area contributed by atoms with Crippen LogP contribution in [0.1, 0.15) is 13.2 Å². The summed E-state index contributed by atoms with van der Waals surface area (Å²) in [7, 11) is 1.07. The van der Waals surface area contributed by atoms with E-state index in [0.717, 1.165) is 14.0 Å². The molecular weight excluding hydrogens is 322 g/mol. The topological polar surface area (TPSA) is 120 Å². The fourth-order valence-corrected chi connectivity index (χ4v) is 2.28. The molecule has 1 aromatic heterocycles. The van der Waals surface area contributed by atoms with Gasteiger partial charge in [-0.3, -0.25) is 19.1 Å². The molecule has 0 aliphatic carbocycles. The first-order valence-electron chi connectivity index (χ1n) is 6.42. The number of carbonyl (C=O) groups is 1. The van der Waals surface area contributed by atoms with Crippen molar-refractivity contribution in [1.82, 2.24) is 9.55 Å². The van der Waals surface area contributed by atoms with Gasteiger partial charge in [0.25, 0.3) is 5.56 Å². The molecule has 0 bridgehead atoms. The Morgan fingerprint density at radius 2 is 2.22 bits per heavy atom. The number of H-pyrrole nitrogens is 1. The van der Waals surface area contributed by atoms with Crippen LogP contribution in [-0.4, -0.2) is 52.4 Å². The predicted octanol–water partition coefficient (Wildman–Crippen LogP) is -1.19. The first-order valence-corrected chi connectivity index (χ1v) is 6.42. The Balaban J connectivity index is 2.49. The van der Waals surface area contributed by atoms with Gasteiger partial charge in [0.2, 0.25) is 11.6 Å². The third-order valence-corrected chi connectivity index (χ3v) is 3.37. The standard InChI is InChI=1S/C12H14F2N2O7/c1-5(18)22-8-7(14)10(23-12(8,4-17)21-2)16-3-6(13)9(19)15-11(16)20/h3,7-8,10,17H,4H2,1-2H3,(H,15,19,20)/t7-,8-,10+,12+/m0/s1. The van der Waals surface area contributed by atoms with Crippen LogP contribution in [0.25, 0.3) is 0 Å². The maximum Gasteiger partial charge on any atom is 0.330 e. The Morgan fingerprint density at radius 1 is 1.57 bits per heavy atom. The number of esters is 1. The van der Waals surface area contributed by atoms with E-state index in [2.05, 4.69) is 0 Å². The molecule has 0 amide bonds. The van der Waals surface area contributed by atoms with Crippen molar-refractivity contribution in [2.75, 3.05) is 13.7 Å². The minimum Gasteiger partial charge on any atom is -0.453 e. The zero-order valence-corrected chi connectivity index (χ0v) is 12.1. The van der Waals surface area contributed by atoms with E-state index < -0.39 is 53.9 Å². The fourth-order valence-electron chi connectivity index (χ4n) is 2.28. The molecule has 2 rings (SSSR count). The number of carbonyl (C=O) groups excluding carboxylic acids is 1. The lowest BCUT2D eigenvalue weighted by Crippen LogP contribution is -2.49. The van der Waals surface area contributed by atoms with Gasteiger partial charge in [0.1, 0.15) is 6.61 Å². The van der Waals surface area contributed by atoms with Gasteiger partial charge in [-0.15, -0.1) is 0 Å². The molecule has 0 radical (unpaired) electrons. The summed E-state index contributed by atoms with van der Waals surface area (Å²) in [6.45, 7) is 0.0998. The number of ether oxygens (including phenoxy) is 3. The van der Waals surface area contributed by atoms with Crippen LogP contribution in [0.5, 0.6) is 0 Å². The Bertz CT molecular complexity index is 712. The highest BCUT2D eigenvalue weighted by Gasteiger charge is 2.59. The van der Waals surface area contributed by atoms with Gasteiger partial charge in [-0.2, -0.15) is 4.39 Å². The summed E-state index contributed by atoms with van der Waals surface area (Å²) in [4.78, 5) is 35.5. The van der Waals surface area contributed by atoms with Crippen LogP contribution in [-0.2, 0) is 19.0 Å². The highest BCUT2D eigenvalue weighted by Crippen LogP contribution is 2.40. The lowest BCUT2D eigenvalue weighted by Gasteiger charge is -2.29. The molecule has 1 fully saturated rings. The van der Waals surface area contributed by atoms with E-state index in [1.54, 1.807) is 4.98 Å². The number of aliphatic hydroxyl groups is 1. The molecule has 1 aliphatic heterocycles. The third kappa shape index (κ3) is 2.90. The first kappa shape index (κ1) is 17.2. The smallest absolute Gasteiger partial charge is 0.330 e. The summed E-state index contributed by atoms with van der Waals surface area (Å²) < 4.78 is 43.3. The maximum absolute atomic E-state index is 14.6. The molecule has 1 saturated heterocycles. The minimum atomic E-state index is -2.17. The quantitative estimate of drug-likeness (QED) is 0.663. The second kappa shape index (κ2) is 6.18. The molecule has 1 aliphatic rings. The number of nitrogens with one attached hydrogen (secondary N) is 1. The van der Waals surface area contributed by atoms with E-state index in [-0.39, 0.29) is 0 Å². The highest BCUT2D eigenvalue weighted by atomic mass is 19.1. The van der Waals surface area contributed by atoms with Crippen molar-refractivity contribution >= 4 is 5.97 Å². The molecule has 0 saturated carbocycles. The van der Waals surface area contributed by atoms with Gasteiger partial charge in [-0.05, 0) is 0 Å². The maximum atomic E-state index is 14.6. The molecule has 0 unspecified atom stereocenters. The molecule has 0 aromatic carbocycles. The number of aromatic amines is 1. The van der Waals surface area contributed by atoms with Crippen molar-refractivity contribution in [3.05, 3.63) is 32.9 Å². The van der Waals surface area contributed by atoms with Crippen LogP contribution in [0, 0.1) is 5.82 Å². The molecule has 23 heavy (non-hydrogen) atoms. The van der Waals surface area contributed by atoms with Gasteiger partial charge in [0, 0.05) is 14.0 Å². The second-order valence-corrected chi connectivity index (χ2v) is 4.80. The molecule has 2 heterocycles. The largest absolute Gasteiger partial charge is 0.453 e. The number of methoxy groups -OCH3 is 1. The van der Waals surface area contributed by atoms with Crippen molar-refractivity contribution < 1.29 is 32.9 Å². The average molecular weight is 336 g/mol. The number of hydrogen-bond donors (Lipinski definition) is 2. The van der Waals surface area contributed by atoms with Gasteiger partial charge in [0.15, 0.2) is 18.5 Å². The Hall–Kier alpha value is -2.11. The zero-order valence-electron chi connectivity index (χ0n) is 12.1. The zero-order chi connectivity index (χ0) is 17.4. The molecule has 9 nitrogen and oxygen atoms in total. The lowest BCUT2D eigenvalue weighted by molar-refractivity contribution is -0.273. The number of aromatic nitrogens is 2. The van der Waals surface area contributed by atoms with Crippen molar-refractivity contribution in [1.29, 1.82) is 0 Å². The first-order chi connectivity index (χ1) is 10.8. The number of nitrogens with zero attached hydrogens (tertiary/aromatic N) is 1. The lowest BCUT2D eigenvalue weighted by atomic mass is 10.1. The SMILES string of the molecule is CO[C@]1(CO)O[C@@H](n2cc(F)c(=O)[nH]c2=O)[C@@H](F)[C@@H]1OC(C)=O. The van der Waals surface area contributed by atoms with Gasteiger partial charge < -0.3 is 19.3 Å².